The fraction of sp³-hybridized carbons (Fsp3) is 0.286. The molecule has 4 heterocycles. The maximum atomic E-state index is 12.9. The molecule has 1 atom stereocenters. The van der Waals surface area contributed by atoms with Crippen LogP contribution >= 0.6 is 0 Å². The molecule has 1 aromatic heterocycles. The molecular formula is C21H17N5O4. The Morgan fingerprint density at radius 1 is 1.13 bits per heavy atom. The van der Waals surface area contributed by atoms with Gasteiger partial charge in [0.25, 0.3) is 11.8 Å². The molecule has 2 saturated heterocycles. The number of nitrogens with zero attached hydrogens (tertiary/aromatic N) is 3. The van der Waals surface area contributed by atoms with Gasteiger partial charge in [0.1, 0.15) is 6.04 Å². The van der Waals surface area contributed by atoms with E-state index < -0.39 is 29.7 Å². The number of H-pyrrole nitrogens is 1. The molecule has 30 heavy (non-hydrogen) atoms. The first-order valence-corrected chi connectivity index (χ1v) is 9.57. The Morgan fingerprint density at radius 3 is 2.67 bits per heavy atom. The number of rotatable bonds is 2. The van der Waals surface area contributed by atoms with E-state index in [9.17, 15) is 19.2 Å². The van der Waals surface area contributed by atoms with Gasteiger partial charge in [-0.15, -0.1) is 0 Å². The summed E-state index contributed by atoms with van der Waals surface area (Å²) in [6, 6.07) is 4.10. The van der Waals surface area contributed by atoms with Crippen molar-refractivity contribution in [1.82, 2.24) is 20.4 Å². The van der Waals surface area contributed by atoms with E-state index in [2.05, 4.69) is 27.2 Å². The number of carbonyl (C=O) groups is 4. The van der Waals surface area contributed by atoms with Crippen LogP contribution in [-0.4, -0.2) is 57.9 Å². The van der Waals surface area contributed by atoms with E-state index >= 15 is 0 Å². The van der Waals surface area contributed by atoms with Gasteiger partial charge in [-0.25, -0.2) is 0 Å². The van der Waals surface area contributed by atoms with E-state index in [-0.39, 0.29) is 29.9 Å². The first-order valence-electron chi connectivity index (χ1n) is 10.0. The number of benzene rings is 1. The maximum absolute atomic E-state index is 12.9. The van der Waals surface area contributed by atoms with Gasteiger partial charge < -0.3 is 4.90 Å². The summed E-state index contributed by atoms with van der Waals surface area (Å²) in [7, 11) is 0. The molecule has 3 aliphatic rings. The fourth-order valence-corrected chi connectivity index (χ4v) is 3.91. The molecule has 0 spiro atoms. The van der Waals surface area contributed by atoms with Crippen molar-refractivity contribution >= 4 is 29.3 Å². The van der Waals surface area contributed by atoms with Crippen molar-refractivity contribution < 1.29 is 20.6 Å². The van der Waals surface area contributed by atoms with Crippen LogP contribution in [0.1, 0.15) is 39.1 Å². The molecule has 2 aromatic rings. The van der Waals surface area contributed by atoms with Crippen molar-refractivity contribution in [3.8, 4) is 11.8 Å². The zero-order valence-electron chi connectivity index (χ0n) is 16.8. The van der Waals surface area contributed by atoms with Crippen molar-refractivity contribution in [2.75, 3.05) is 18.0 Å². The van der Waals surface area contributed by atoms with E-state index in [4.69, 9.17) is 1.41 Å². The smallest absolute Gasteiger partial charge is 0.262 e. The minimum Gasteiger partial charge on any atom is -0.369 e. The standard InChI is InChI=1S/C21H17N5O4/c27-18-6-5-17(19(28)24-18)26-20(29)15-4-3-14(7-16(15)21(26)30)25-10-13(11-25)2-1-12-8-22-23-9-12/h3-4,7-9,13,17H,5-6,10-11H2,(H,22,23)(H,24,27,28)/i/hD. The monoisotopic (exact) mass is 404 g/mol. The third kappa shape index (κ3) is 2.93. The predicted molar refractivity (Wildman–Crippen MR) is 104 cm³/mol. The summed E-state index contributed by atoms with van der Waals surface area (Å²) in [6.45, 7) is 1.36. The largest absolute Gasteiger partial charge is 0.369 e. The Bertz CT molecular complexity index is 1200. The van der Waals surface area contributed by atoms with Crippen LogP contribution in [-0.2, 0) is 9.59 Å². The molecule has 0 bridgehead atoms. The first kappa shape index (κ1) is 17.0. The van der Waals surface area contributed by atoms with Crippen molar-refractivity contribution in [3.63, 3.8) is 0 Å². The van der Waals surface area contributed by atoms with E-state index in [0.717, 1.165) is 15.7 Å². The molecule has 150 valence electrons. The number of hydrogen-bond donors (Lipinski definition) is 2. The zero-order valence-corrected chi connectivity index (χ0v) is 15.8. The molecule has 1 unspecified atom stereocenters. The van der Waals surface area contributed by atoms with E-state index in [1.54, 1.807) is 18.2 Å². The van der Waals surface area contributed by atoms with E-state index in [1.165, 1.54) is 12.4 Å². The molecule has 0 saturated carbocycles. The number of carbonyl (C=O) groups excluding carboxylic acids is 4. The van der Waals surface area contributed by atoms with Crippen LogP contribution < -0.4 is 10.2 Å². The minimum atomic E-state index is -0.967. The maximum Gasteiger partial charge on any atom is 0.262 e. The Hall–Kier alpha value is -3.93. The second-order valence-corrected chi connectivity index (χ2v) is 7.49. The number of amides is 4. The van der Waals surface area contributed by atoms with Gasteiger partial charge >= 0.3 is 0 Å². The van der Waals surface area contributed by atoms with Crippen LogP contribution in [0.4, 0.5) is 5.69 Å². The Morgan fingerprint density at radius 2 is 1.93 bits per heavy atom. The highest BCUT2D eigenvalue weighted by molar-refractivity contribution is 6.23. The van der Waals surface area contributed by atoms with Crippen molar-refractivity contribution in [2.24, 2.45) is 5.92 Å². The quantitative estimate of drug-likeness (QED) is 0.550. The van der Waals surface area contributed by atoms with Crippen molar-refractivity contribution in [2.45, 2.75) is 18.9 Å². The van der Waals surface area contributed by atoms with Gasteiger partial charge in [0.05, 0.1) is 28.8 Å². The second-order valence-electron chi connectivity index (χ2n) is 7.49. The average molecular weight is 404 g/mol. The summed E-state index contributed by atoms with van der Waals surface area (Å²) in [4.78, 5) is 52.2. The van der Waals surface area contributed by atoms with Gasteiger partial charge in [0, 0.05) is 31.4 Å². The van der Waals surface area contributed by atoms with Crippen LogP contribution in [0.2, 0.25) is 1.41 Å². The lowest BCUT2D eigenvalue weighted by molar-refractivity contribution is -0.136. The fourth-order valence-electron chi connectivity index (χ4n) is 3.91. The number of aromatic amines is 1. The van der Waals surface area contributed by atoms with E-state index in [1.807, 2.05) is 0 Å². The highest BCUT2D eigenvalue weighted by Crippen LogP contribution is 2.32. The second kappa shape index (κ2) is 6.84. The topological polar surface area (TPSA) is 115 Å². The number of nitrogens with one attached hydrogen (secondary N) is 2. The summed E-state index contributed by atoms with van der Waals surface area (Å²) in [5, 5.41) is 6.91. The van der Waals surface area contributed by atoms with E-state index in [0.29, 0.717) is 18.7 Å². The van der Waals surface area contributed by atoms with Crippen molar-refractivity contribution in [1.29, 1.82) is 0 Å². The predicted octanol–water partition coefficient (Wildman–Crippen LogP) is 0.299. The molecule has 2 N–H and O–H groups in total. The van der Waals surface area contributed by atoms with Gasteiger partial charge in [-0.1, -0.05) is 11.8 Å². The molecule has 9 nitrogen and oxygen atoms in total. The molecule has 2 fully saturated rings. The van der Waals surface area contributed by atoms with Gasteiger partial charge in [0.2, 0.25) is 11.8 Å². The SMILES string of the molecule is [2H]n1cc(C#CC2CN(c3ccc4c(c3)C(=O)N(C3CCC(=O)NC3=O)C4=O)C2)cn1. The molecule has 0 aliphatic carbocycles. The minimum absolute atomic E-state index is 0.0911. The Labute approximate surface area is 172 Å². The summed E-state index contributed by atoms with van der Waals surface area (Å²) >= 11 is 0. The number of hydrogen-bond acceptors (Lipinski definition) is 6. The number of fused-ring (bicyclic) bond motifs is 1. The molecule has 0 radical (unpaired) electrons. The molecule has 3 aliphatic heterocycles. The number of imide groups is 2. The third-order valence-corrected chi connectivity index (χ3v) is 5.55. The van der Waals surface area contributed by atoms with Crippen LogP contribution in [0.25, 0.3) is 0 Å². The number of piperidine rings is 1. The van der Waals surface area contributed by atoms with Gasteiger partial charge in [-0.2, -0.15) is 5.10 Å². The van der Waals surface area contributed by atoms with Crippen molar-refractivity contribution in [3.05, 3.63) is 47.3 Å². The third-order valence-electron chi connectivity index (χ3n) is 5.55. The lowest BCUT2D eigenvalue weighted by atomic mass is 9.98. The summed E-state index contributed by atoms with van der Waals surface area (Å²) in [5.74, 6) is 4.25. The molecular weight excluding hydrogens is 386 g/mol. The lowest BCUT2D eigenvalue weighted by Gasteiger charge is -2.38. The van der Waals surface area contributed by atoms with Crippen LogP contribution in [0.3, 0.4) is 0 Å². The average Bonchev–Trinajstić information content (AvgIpc) is 3.22. The number of anilines is 1. The highest BCUT2D eigenvalue weighted by Gasteiger charge is 2.44. The van der Waals surface area contributed by atoms with Gasteiger partial charge in [0.15, 0.2) is 1.41 Å². The normalized spacial score (nSPS) is 21.6. The Balaban J connectivity index is 1.29. The van der Waals surface area contributed by atoms with Gasteiger partial charge in [-0.05, 0) is 24.6 Å². The molecule has 1 aromatic carbocycles. The number of aromatic nitrogens is 2. The highest BCUT2D eigenvalue weighted by atomic mass is 16.2. The van der Waals surface area contributed by atoms with Crippen LogP contribution in [0.15, 0.2) is 30.6 Å². The Kier molecular flexibility index (Phi) is 3.87. The first-order chi connectivity index (χ1) is 14.9. The summed E-state index contributed by atoms with van der Waals surface area (Å²) in [6.07, 6.45) is 3.29. The summed E-state index contributed by atoms with van der Waals surface area (Å²) in [5.41, 5.74) is 2.03. The van der Waals surface area contributed by atoms with Crippen LogP contribution in [0, 0.1) is 17.8 Å². The summed E-state index contributed by atoms with van der Waals surface area (Å²) < 4.78 is 7.33. The zero-order chi connectivity index (χ0) is 21.7. The lowest BCUT2D eigenvalue weighted by Crippen LogP contribution is -2.54. The molecule has 5 rings (SSSR count). The molecule has 9 heteroatoms. The molecule has 4 amide bonds. The van der Waals surface area contributed by atoms with Crippen LogP contribution in [0.5, 0.6) is 0 Å². The van der Waals surface area contributed by atoms with Gasteiger partial charge in [-0.3, -0.25) is 34.5 Å².